The molecule has 6 heteroatoms. The van der Waals surface area contributed by atoms with Gasteiger partial charge in [0.1, 0.15) is 11.6 Å². The standard InChI is InChI=1S/C17H20N6/c1-22-14-6-3-2-5-12(14)19-17(22)11-23-10-4-7-15(23)13-8-9-16(18)21-20-13/h2-3,5-6,8-9,15H,4,7,10-11H2,1H3,(H2,18,21). The third-order valence-corrected chi connectivity index (χ3v) is 4.64. The Morgan fingerprint density at radius 2 is 2.04 bits per heavy atom. The number of fused-ring (bicyclic) bond motifs is 1. The molecule has 0 saturated carbocycles. The fourth-order valence-corrected chi connectivity index (χ4v) is 3.40. The molecule has 1 fully saturated rings. The third-order valence-electron chi connectivity index (χ3n) is 4.64. The highest BCUT2D eigenvalue weighted by molar-refractivity contribution is 5.75. The van der Waals surface area contributed by atoms with Crippen LogP contribution in [-0.2, 0) is 13.6 Å². The normalized spacial score (nSPS) is 18.7. The molecule has 0 aliphatic carbocycles. The van der Waals surface area contributed by atoms with Crippen molar-refractivity contribution in [1.82, 2.24) is 24.6 Å². The van der Waals surface area contributed by atoms with Crippen molar-refractivity contribution in [2.45, 2.75) is 25.4 Å². The number of likely N-dealkylation sites (tertiary alicyclic amines) is 1. The quantitative estimate of drug-likeness (QED) is 0.803. The van der Waals surface area contributed by atoms with E-state index in [1.54, 1.807) is 0 Å². The molecule has 1 aliphatic heterocycles. The Bertz CT molecular complexity index is 823. The lowest BCUT2D eigenvalue weighted by atomic mass is 10.1. The number of aromatic nitrogens is 4. The van der Waals surface area contributed by atoms with Gasteiger partial charge in [0.25, 0.3) is 0 Å². The monoisotopic (exact) mass is 308 g/mol. The van der Waals surface area contributed by atoms with Gasteiger partial charge in [-0.2, -0.15) is 5.10 Å². The van der Waals surface area contributed by atoms with E-state index in [1.807, 2.05) is 18.2 Å². The summed E-state index contributed by atoms with van der Waals surface area (Å²) in [5.74, 6) is 1.55. The number of para-hydroxylation sites is 2. The summed E-state index contributed by atoms with van der Waals surface area (Å²) in [4.78, 5) is 7.22. The van der Waals surface area contributed by atoms with E-state index < -0.39 is 0 Å². The van der Waals surface area contributed by atoms with Crippen molar-refractivity contribution < 1.29 is 0 Å². The number of anilines is 1. The van der Waals surface area contributed by atoms with Crippen LogP contribution in [0.2, 0.25) is 0 Å². The highest BCUT2D eigenvalue weighted by Crippen LogP contribution is 2.32. The van der Waals surface area contributed by atoms with Crippen LogP contribution in [0.25, 0.3) is 11.0 Å². The van der Waals surface area contributed by atoms with Gasteiger partial charge in [0.05, 0.1) is 29.3 Å². The lowest BCUT2D eigenvalue weighted by Gasteiger charge is -2.23. The summed E-state index contributed by atoms with van der Waals surface area (Å²) in [6, 6.07) is 12.4. The molecular weight excluding hydrogens is 288 g/mol. The van der Waals surface area contributed by atoms with Gasteiger partial charge in [-0.15, -0.1) is 5.10 Å². The van der Waals surface area contributed by atoms with Crippen LogP contribution in [0, 0.1) is 0 Å². The van der Waals surface area contributed by atoms with Gasteiger partial charge in [-0.25, -0.2) is 4.98 Å². The van der Waals surface area contributed by atoms with Crippen molar-refractivity contribution in [3.8, 4) is 0 Å². The molecule has 0 amide bonds. The van der Waals surface area contributed by atoms with E-state index in [9.17, 15) is 0 Å². The van der Waals surface area contributed by atoms with Crippen molar-refractivity contribution in [3.63, 3.8) is 0 Å². The summed E-state index contributed by atoms with van der Waals surface area (Å²) in [5.41, 5.74) is 8.86. The van der Waals surface area contributed by atoms with Gasteiger partial charge in [-0.05, 0) is 43.7 Å². The first-order chi connectivity index (χ1) is 11.2. The molecule has 6 nitrogen and oxygen atoms in total. The van der Waals surface area contributed by atoms with Crippen LogP contribution in [-0.4, -0.2) is 31.2 Å². The molecule has 1 atom stereocenters. The maximum atomic E-state index is 5.65. The van der Waals surface area contributed by atoms with E-state index in [1.165, 1.54) is 11.9 Å². The lowest BCUT2D eigenvalue weighted by molar-refractivity contribution is 0.235. The minimum Gasteiger partial charge on any atom is -0.382 e. The molecule has 0 spiro atoms. The first kappa shape index (κ1) is 14.1. The third kappa shape index (κ3) is 2.55. The van der Waals surface area contributed by atoms with Gasteiger partial charge in [0.2, 0.25) is 0 Å². The van der Waals surface area contributed by atoms with Crippen LogP contribution in [0.15, 0.2) is 36.4 Å². The minimum absolute atomic E-state index is 0.294. The van der Waals surface area contributed by atoms with Crippen molar-refractivity contribution in [2.75, 3.05) is 12.3 Å². The van der Waals surface area contributed by atoms with Gasteiger partial charge in [-0.1, -0.05) is 12.1 Å². The Hall–Kier alpha value is -2.47. The summed E-state index contributed by atoms with van der Waals surface area (Å²) in [7, 11) is 2.08. The first-order valence-corrected chi connectivity index (χ1v) is 7.96. The Labute approximate surface area is 135 Å². The second kappa shape index (κ2) is 5.62. The maximum Gasteiger partial charge on any atom is 0.146 e. The van der Waals surface area contributed by atoms with Gasteiger partial charge >= 0.3 is 0 Å². The van der Waals surface area contributed by atoms with Crippen molar-refractivity contribution >= 4 is 16.9 Å². The van der Waals surface area contributed by atoms with Crippen molar-refractivity contribution in [3.05, 3.63) is 47.9 Å². The van der Waals surface area contributed by atoms with E-state index in [2.05, 4.69) is 44.9 Å². The van der Waals surface area contributed by atoms with Crippen molar-refractivity contribution in [2.24, 2.45) is 7.05 Å². The summed E-state index contributed by atoms with van der Waals surface area (Å²) < 4.78 is 2.18. The number of nitrogens with two attached hydrogens (primary N) is 1. The fourth-order valence-electron chi connectivity index (χ4n) is 3.40. The Morgan fingerprint density at radius 3 is 2.83 bits per heavy atom. The predicted octanol–water partition coefficient (Wildman–Crippen LogP) is 2.28. The zero-order chi connectivity index (χ0) is 15.8. The molecular formula is C17H20N6. The maximum absolute atomic E-state index is 5.65. The Morgan fingerprint density at radius 1 is 1.17 bits per heavy atom. The number of hydrogen-bond acceptors (Lipinski definition) is 5. The van der Waals surface area contributed by atoms with E-state index in [-0.39, 0.29) is 0 Å². The lowest BCUT2D eigenvalue weighted by Crippen LogP contribution is -2.25. The number of nitrogen functional groups attached to an aromatic ring is 1. The Kier molecular flexibility index (Phi) is 3.46. The van der Waals surface area contributed by atoms with Crippen LogP contribution in [0.5, 0.6) is 0 Å². The molecule has 1 saturated heterocycles. The van der Waals surface area contributed by atoms with Crippen LogP contribution in [0.1, 0.15) is 30.4 Å². The Balaban J connectivity index is 1.61. The molecule has 23 heavy (non-hydrogen) atoms. The number of hydrogen-bond donors (Lipinski definition) is 1. The van der Waals surface area contributed by atoms with E-state index in [4.69, 9.17) is 10.7 Å². The summed E-state index contributed by atoms with van der Waals surface area (Å²) >= 11 is 0. The zero-order valence-corrected chi connectivity index (χ0v) is 13.2. The van der Waals surface area contributed by atoms with E-state index in [0.29, 0.717) is 11.9 Å². The van der Waals surface area contributed by atoms with E-state index >= 15 is 0 Å². The SMILES string of the molecule is Cn1c(CN2CCCC2c2ccc(N)nn2)nc2ccccc21. The molecule has 1 aromatic carbocycles. The second-order valence-corrected chi connectivity index (χ2v) is 6.09. The smallest absolute Gasteiger partial charge is 0.146 e. The molecule has 2 N–H and O–H groups in total. The van der Waals surface area contributed by atoms with Gasteiger partial charge in [-0.3, -0.25) is 4.90 Å². The average Bonchev–Trinajstić information content (AvgIpc) is 3.15. The predicted molar refractivity (Wildman–Crippen MR) is 89.5 cm³/mol. The number of aryl methyl sites for hydroxylation is 1. The summed E-state index contributed by atoms with van der Waals surface area (Å²) in [5, 5.41) is 8.27. The molecule has 0 radical (unpaired) electrons. The van der Waals surface area contributed by atoms with Crippen molar-refractivity contribution in [1.29, 1.82) is 0 Å². The molecule has 1 aliphatic rings. The van der Waals surface area contributed by atoms with Gasteiger partial charge in [0, 0.05) is 7.05 Å². The number of rotatable bonds is 3. The van der Waals surface area contributed by atoms with E-state index in [0.717, 1.165) is 36.5 Å². The summed E-state index contributed by atoms with van der Waals surface area (Å²) in [6.45, 7) is 1.88. The largest absolute Gasteiger partial charge is 0.382 e. The topological polar surface area (TPSA) is 72.9 Å². The molecule has 2 aromatic heterocycles. The molecule has 3 aromatic rings. The number of imidazole rings is 1. The van der Waals surface area contributed by atoms with Gasteiger partial charge < -0.3 is 10.3 Å². The second-order valence-electron chi connectivity index (χ2n) is 6.09. The highest BCUT2D eigenvalue weighted by Gasteiger charge is 2.28. The van der Waals surface area contributed by atoms with Crippen LogP contribution in [0.4, 0.5) is 5.82 Å². The summed E-state index contributed by atoms with van der Waals surface area (Å²) in [6.07, 6.45) is 2.27. The highest BCUT2D eigenvalue weighted by atomic mass is 15.2. The number of benzene rings is 1. The van der Waals surface area contributed by atoms with Gasteiger partial charge in [0.15, 0.2) is 0 Å². The van der Waals surface area contributed by atoms with Crippen LogP contribution in [0.3, 0.4) is 0 Å². The number of nitrogens with zero attached hydrogens (tertiary/aromatic N) is 5. The first-order valence-electron chi connectivity index (χ1n) is 7.96. The molecule has 1 unspecified atom stereocenters. The zero-order valence-electron chi connectivity index (χ0n) is 13.2. The molecule has 3 heterocycles. The molecule has 4 rings (SSSR count). The average molecular weight is 308 g/mol. The molecule has 0 bridgehead atoms. The fraction of sp³-hybridized carbons (Fsp3) is 0.353. The minimum atomic E-state index is 0.294. The van der Waals surface area contributed by atoms with Crippen LogP contribution >= 0.6 is 0 Å². The molecule has 118 valence electrons. The van der Waals surface area contributed by atoms with Crippen LogP contribution < -0.4 is 5.73 Å².